The van der Waals surface area contributed by atoms with Crippen LogP contribution < -0.4 is 11.1 Å². The number of nitrogens with zero attached hydrogens (tertiary/aromatic N) is 5. The molecule has 0 radical (unpaired) electrons. The average Bonchev–Trinajstić information content (AvgIpc) is 3.43. The van der Waals surface area contributed by atoms with Crippen LogP contribution in [0, 0.1) is 11.8 Å². The molecule has 8 nitrogen and oxygen atoms in total. The fraction of sp³-hybridized carbons (Fsp3) is 0.360. The van der Waals surface area contributed by atoms with Crippen molar-refractivity contribution >= 4 is 17.5 Å². The molecule has 3 heterocycles. The summed E-state index contributed by atoms with van der Waals surface area (Å²) < 4.78 is 3.48. The zero-order valence-corrected chi connectivity index (χ0v) is 19.6. The van der Waals surface area contributed by atoms with Crippen molar-refractivity contribution in [1.82, 2.24) is 29.7 Å². The van der Waals surface area contributed by atoms with Crippen molar-refractivity contribution in [3.8, 4) is 11.1 Å². The Morgan fingerprint density at radius 3 is 2.58 bits per heavy atom. The predicted molar refractivity (Wildman–Crippen MR) is 130 cm³/mol. The van der Waals surface area contributed by atoms with Crippen LogP contribution >= 0.6 is 0 Å². The summed E-state index contributed by atoms with van der Waals surface area (Å²) in [6.45, 7) is 9.17. The number of hydrogen-bond acceptors (Lipinski definition) is 5. The molecule has 33 heavy (non-hydrogen) atoms. The third-order valence-electron chi connectivity index (χ3n) is 5.99. The summed E-state index contributed by atoms with van der Waals surface area (Å²) >= 11 is 0. The van der Waals surface area contributed by atoms with Gasteiger partial charge in [-0.3, -0.25) is 9.48 Å². The fourth-order valence-electron chi connectivity index (χ4n) is 3.96. The third-order valence-corrected chi connectivity index (χ3v) is 5.99. The molecule has 4 aromatic rings. The van der Waals surface area contributed by atoms with Crippen molar-refractivity contribution in [2.45, 2.75) is 40.2 Å². The highest BCUT2D eigenvalue weighted by atomic mass is 16.2. The number of benzene rings is 1. The molecule has 0 saturated carbocycles. The maximum absolute atomic E-state index is 13.0. The maximum atomic E-state index is 13.0. The van der Waals surface area contributed by atoms with Crippen LogP contribution in [0.5, 0.6) is 0 Å². The van der Waals surface area contributed by atoms with Gasteiger partial charge in [-0.25, -0.2) is 4.52 Å². The van der Waals surface area contributed by atoms with Gasteiger partial charge in [0.25, 0.3) is 5.91 Å². The number of amides is 1. The van der Waals surface area contributed by atoms with E-state index >= 15 is 0 Å². The first-order chi connectivity index (χ1) is 15.9. The van der Waals surface area contributed by atoms with Gasteiger partial charge < -0.3 is 11.1 Å². The Morgan fingerprint density at radius 2 is 1.88 bits per heavy atom. The zero-order valence-electron chi connectivity index (χ0n) is 19.6. The molecule has 172 valence electrons. The smallest absolute Gasteiger partial charge is 0.270 e. The molecule has 0 saturated heterocycles. The van der Waals surface area contributed by atoms with Crippen LogP contribution in [0.1, 0.15) is 56.2 Å². The summed E-state index contributed by atoms with van der Waals surface area (Å²) in [5.41, 5.74) is 9.70. The summed E-state index contributed by atoms with van der Waals surface area (Å²) in [6, 6.07) is 14.2. The minimum atomic E-state index is -0.205. The normalized spacial score (nSPS) is 13.4. The lowest BCUT2D eigenvalue weighted by molar-refractivity contribution is 0.0940. The molecule has 1 unspecified atom stereocenters. The van der Waals surface area contributed by atoms with Crippen molar-refractivity contribution in [3.63, 3.8) is 0 Å². The SMILES string of the molecule is CC[C@H](C)CNC(=O)c1cc(-c2cnn(C(c3ccccc3)C(C)C)c2)cc2nc(N)nn12. The molecule has 4 rings (SSSR count). The first-order valence-corrected chi connectivity index (χ1v) is 11.4. The van der Waals surface area contributed by atoms with Gasteiger partial charge in [0.1, 0.15) is 5.69 Å². The number of carbonyl (C=O) groups excluding carboxylic acids is 1. The van der Waals surface area contributed by atoms with E-state index in [1.54, 1.807) is 0 Å². The van der Waals surface area contributed by atoms with Crippen molar-refractivity contribution < 1.29 is 4.79 Å². The summed E-state index contributed by atoms with van der Waals surface area (Å²) in [4.78, 5) is 17.3. The van der Waals surface area contributed by atoms with Gasteiger partial charge in [-0.15, -0.1) is 5.10 Å². The standard InChI is InChI=1S/C25H31N7O/c1-5-17(4)13-27-24(33)21-11-19(12-22-29-25(26)30-32(21)22)20-14-28-31(15-20)23(16(2)3)18-9-7-6-8-10-18/h6-12,14-17,23H,5,13H2,1-4H3,(H2,26,30)(H,27,33)/t17-,23?/m0/s1. The van der Waals surface area contributed by atoms with E-state index in [1.807, 2.05) is 47.4 Å². The van der Waals surface area contributed by atoms with Crippen LogP contribution in [-0.2, 0) is 0 Å². The fourth-order valence-corrected chi connectivity index (χ4v) is 3.96. The zero-order chi connectivity index (χ0) is 23.5. The number of rotatable bonds is 8. The quantitative estimate of drug-likeness (QED) is 0.423. The predicted octanol–water partition coefficient (Wildman–Crippen LogP) is 4.20. The van der Waals surface area contributed by atoms with Crippen LogP contribution in [0.3, 0.4) is 0 Å². The van der Waals surface area contributed by atoms with Gasteiger partial charge in [0.15, 0.2) is 5.65 Å². The Kier molecular flexibility index (Phi) is 6.44. The molecule has 1 amide bonds. The minimum absolute atomic E-state index is 0.103. The Hall–Kier alpha value is -3.68. The first-order valence-electron chi connectivity index (χ1n) is 11.4. The van der Waals surface area contributed by atoms with Crippen molar-refractivity contribution in [3.05, 3.63) is 66.1 Å². The number of pyridine rings is 1. The second kappa shape index (κ2) is 9.44. The second-order valence-electron chi connectivity index (χ2n) is 8.90. The van der Waals surface area contributed by atoms with Crippen molar-refractivity contribution in [1.29, 1.82) is 0 Å². The van der Waals surface area contributed by atoms with Crippen LogP contribution in [0.15, 0.2) is 54.9 Å². The lowest BCUT2D eigenvalue weighted by Crippen LogP contribution is -2.29. The summed E-state index contributed by atoms with van der Waals surface area (Å²) in [6.07, 6.45) is 4.83. The molecule has 0 aliphatic rings. The molecule has 0 aliphatic heterocycles. The molecule has 2 atom stereocenters. The van der Waals surface area contributed by atoms with E-state index in [-0.39, 0.29) is 17.9 Å². The number of aromatic nitrogens is 5. The van der Waals surface area contributed by atoms with Crippen LogP contribution in [0.4, 0.5) is 5.95 Å². The minimum Gasteiger partial charge on any atom is -0.366 e. The number of nitrogens with two attached hydrogens (primary N) is 1. The van der Waals surface area contributed by atoms with Gasteiger partial charge in [-0.2, -0.15) is 10.1 Å². The molecule has 0 spiro atoms. The van der Waals surface area contributed by atoms with Gasteiger partial charge in [-0.1, -0.05) is 64.4 Å². The largest absolute Gasteiger partial charge is 0.366 e. The van der Waals surface area contributed by atoms with Gasteiger partial charge in [0.2, 0.25) is 5.95 Å². The molecular weight excluding hydrogens is 414 g/mol. The number of carbonyl (C=O) groups is 1. The second-order valence-corrected chi connectivity index (χ2v) is 8.90. The van der Waals surface area contributed by atoms with E-state index in [0.29, 0.717) is 29.7 Å². The Balaban J connectivity index is 1.72. The molecule has 0 fully saturated rings. The molecule has 0 bridgehead atoms. The lowest BCUT2D eigenvalue weighted by Gasteiger charge is -2.22. The number of fused-ring (bicyclic) bond motifs is 1. The van der Waals surface area contributed by atoms with Crippen molar-refractivity contribution in [2.75, 3.05) is 12.3 Å². The Morgan fingerprint density at radius 1 is 1.12 bits per heavy atom. The van der Waals surface area contributed by atoms with E-state index in [4.69, 9.17) is 5.73 Å². The van der Waals surface area contributed by atoms with E-state index in [1.165, 1.54) is 10.1 Å². The summed E-state index contributed by atoms with van der Waals surface area (Å²) in [5, 5.41) is 11.9. The molecule has 1 aromatic carbocycles. The Bertz CT molecular complexity index is 1240. The average molecular weight is 446 g/mol. The van der Waals surface area contributed by atoms with Gasteiger partial charge in [0, 0.05) is 18.3 Å². The van der Waals surface area contributed by atoms with Gasteiger partial charge in [0.05, 0.1) is 12.2 Å². The summed E-state index contributed by atoms with van der Waals surface area (Å²) in [5.74, 6) is 0.657. The molecule has 3 N–H and O–H groups in total. The van der Waals surface area contributed by atoms with E-state index in [9.17, 15) is 4.79 Å². The van der Waals surface area contributed by atoms with Crippen LogP contribution in [0.2, 0.25) is 0 Å². The monoisotopic (exact) mass is 445 g/mol. The lowest BCUT2D eigenvalue weighted by atomic mass is 9.96. The summed E-state index contributed by atoms with van der Waals surface area (Å²) in [7, 11) is 0. The molecule has 0 aliphatic carbocycles. The van der Waals surface area contributed by atoms with E-state index in [2.05, 4.69) is 60.3 Å². The molecular formula is C25H31N7O. The number of hydrogen-bond donors (Lipinski definition) is 2. The van der Waals surface area contributed by atoms with Gasteiger partial charge in [-0.05, 0) is 35.1 Å². The van der Waals surface area contributed by atoms with Crippen LogP contribution in [-0.4, -0.2) is 36.8 Å². The van der Waals surface area contributed by atoms with E-state index < -0.39 is 0 Å². The highest BCUT2D eigenvalue weighted by Gasteiger charge is 2.21. The third kappa shape index (κ3) is 4.74. The maximum Gasteiger partial charge on any atom is 0.270 e. The number of nitrogen functional groups attached to an aromatic ring is 1. The first kappa shape index (κ1) is 22.5. The highest BCUT2D eigenvalue weighted by Crippen LogP contribution is 2.29. The Labute approximate surface area is 193 Å². The van der Waals surface area contributed by atoms with Crippen LogP contribution in [0.25, 0.3) is 16.8 Å². The van der Waals surface area contributed by atoms with E-state index in [0.717, 1.165) is 17.5 Å². The topological polar surface area (TPSA) is 103 Å². The molecule has 8 heteroatoms. The number of anilines is 1. The van der Waals surface area contributed by atoms with Crippen molar-refractivity contribution in [2.24, 2.45) is 11.8 Å². The molecule has 3 aromatic heterocycles. The van der Waals surface area contributed by atoms with Gasteiger partial charge >= 0.3 is 0 Å². The highest BCUT2D eigenvalue weighted by molar-refractivity contribution is 5.94. The number of nitrogens with one attached hydrogen (secondary N) is 1.